The molecule has 0 radical (unpaired) electrons. The Hall–Kier alpha value is -2.36. The highest BCUT2D eigenvalue weighted by atomic mass is 79.9. The summed E-state index contributed by atoms with van der Waals surface area (Å²) >= 11 is 11.3. The normalized spacial score (nSPS) is 10.7. The van der Waals surface area contributed by atoms with Gasteiger partial charge in [0.2, 0.25) is 0 Å². The topological polar surface area (TPSA) is 88.9 Å². The fraction of sp³-hybridized carbons (Fsp3) is 0.200. The van der Waals surface area contributed by atoms with Crippen molar-refractivity contribution in [3.8, 4) is 5.82 Å². The van der Waals surface area contributed by atoms with E-state index < -0.39 is 5.91 Å². The summed E-state index contributed by atoms with van der Waals surface area (Å²) in [5, 5.41) is 10.3. The summed E-state index contributed by atoms with van der Waals surface area (Å²) in [7, 11) is 1.54. The van der Waals surface area contributed by atoms with Crippen molar-refractivity contribution in [1.29, 1.82) is 0 Å². The zero-order valence-electron chi connectivity index (χ0n) is 16.5. The van der Waals surface area contributed by atoms with Crippen LogP contribution in [0.15, 0.2) is 41.0 Å². The highest BCUT2D eigenvalue weighted by Crippen LogP contribution is 2.27. The maximum atomic E-state index is 13.2. The summed E-state index contributed by atoms with van der Waals surface area (Å²) < 4.78 is 2.17. The molecular formula is C20H19BrClN5O2S. The van der Waals surface area contributed by atoms with Crippen LogP contribution in [0.3, 0.4) is 0 Å². The number of hydrogen-bond donors (Lipinski definition) is 2. The third kappa shape index (κ3) is 4.69. The van der Waals surface area contributed by atoms with E-state index in [0.717, 1.165) is 10.0 Å². The van der Waals surface area contributed by atoms with Gasteiger partial charge in [-0.05, 0) is 49.1 Å². The van der Waals surface area contributed by atoms with Crippen molar-refractivity contribution in [3.63, 3.8) is 0 Å². The number of nitrogens with zero attached hydrogens (tertiary/aromatic N) is 3. The van der Waals surface area contributed by atoms with Crippen LogP contribution in [-0.4, -0.2) is 39.9 Å². The first-order chi connectivity index (χ1) is 14.3. The molecule has 0 saturated carbocycles. The Morgan fingerprint density at radius 3 is 2.70 bits per heavy atom. The molecule has 2 amide bonds. The third-order valence-corrected chi connectivity index (χ3v) is 5.57. The molecule has 2 heterocycles. The Morgan fingerprint density at radius 2 is 2.03 bits per heavy atom. The molecule has 0 unspecified atom stereocenters. The predicted octanol–water partition coefficient (Wildman–Crippen LogP) is 4.47. The van der Waals surface area contributed by atoms with Crippen LogP contribution in [0.2, 0.25) is 5.02 Å². The molecule has 0 spiro atoms. The number of pyridine rings is 1. The van der Waals surface area contributed by atoms with Crippen LogP contribution < -0.4 is 10.6 Å². The van der Waals surface area contributed by atoms with E-state index in [-0.39, 0.29) is 11.6 Å². The van der Waals surface area contributed by atoms with E-state index in [1.54, 1.807) is 42.2 Å². The smallest absolute Gasteiger partial charge is 0.274 e. The van der Waals surface area contributed by atoms with Gasteiger partial charge in [-0.3, -0.25) is 9.59 Å². The lowest BCUT2D eigenvalue weighted by Gasteiger charge is -2.14. The fourth-order valence-corrected chi connectivity index (χ4v) is 4.12. The number of amides is 2. The molecule has 0 saturated heterocycles. The van der Waals surface area contributed by atoms with Gasteiger partial charge in [-0.25, -0.2) is 9.67 Å². The molecule has 2 N–H and O–H groups in total. The monoisotopic (exact) mass is 507 g/mol. The molecule has 7 nitrogen and oxygen atoms in total. The lowest BCUT2D eigenvalue weighted by molar-refractivity contribution is 0.0964. The van der Waals surface area contributed by atoms with Gasteiger partial charge in [0.25, 0.3) is 11.8 Å². The Morgan fingerprint density at radius 1 is 1.27 bits per heavy atom. The Bertz CT molecular complexity index is 1120. The first kappa shape index (κ1) is 22.3. The predicted molar refractivity (Wildman–Crippen MR) is 124 cm³/mol. The third-order valence-electron chi connectivity index (χ3n) is 4.24. The Kier molecular flexibility index (Phi) is 7.17. The Balaban J connectivity index is 2.07. The SMILES string of the molecule is CNC(=O)c1cc(Br)cc(C)c1NC(=O)c1cc(CSC)nn1-c1ncccc1Cl. The van der Waals surface area contributed by atoms with Gasteiger partial charge in [-0.1, -0.05) is 27.5 Å². The first-order valence-corrected chi connectivity index (χ1v) is 11.4. The van der Waals surface area contributed by atoms with Crippen molar-refractivity contribution < 1.29 is 9.59 Å². The molecule has 3 aromatic rings. The summed E-state index contributed by atoms with van der Waals surface area (Å²) in [5.74, 6) is 0.250. The van der Waals surface area contributed by atoms with E-state index in [4.69, 9.17) is 11.6 Å². The zero-order valence-corrected chi connectivity index (χ0v) is 19.7. The van der Waals surface area contributed by atoms with E-state index in [2.05, 4.69) is 36.6 Å². The zero-order chi connectivity index (χ0) is 21.8. The average molecular weight is 509 g/mol. The van der Waals surface area contributed by atoms with Gasteiger partial charge >= 0.3 is 0 Å². The number of aromatic nitrogens is 3. The fourth-order valence-electron chi connectivity index (χ4n) is 2.91. The summed E-state index contributed by atoms with van der Waals surface area (Å²) in [5.41, 5.74) is 2.50. The van der Waals surface area contributed by atoms with Gasteiger partial charge in [-0.2, -0.15) is 16.9 Å². The van der Waals surface area contributed by atoms with Crippen molar-refractivity contribution in [2.75, 3.05) is 18.6 Å². The van der Waals surface area contributed by atoms with E-state index in [1.165, 1.54) is 11.7 Å². The lowest BCUT2D eigenvalue weighted by atomic mass is 10.1. The summed E-state index contributed by atoms with van der Waals surface area (Å²) in [6.45, 7) is 1.82. The second-order valence-corrected chi connectivity index (χ2v) is 8.54. The molecule has 0 aliphatic carbocycles. The largest absolute Gasteiger partial charge is 0.355 e. The molecular weight excluding hydrogens is 490 g/mol. The van der Waals surface area contributed by atoms with E-state index >= 15 is 0 Å². The molecule has 3 rings (SSSR count). The number of thioether (sulfide) groups is 1. The number of rotatable bonds is 6. The molecule has 156 valence electrons. The Labute approximate surface area is 191 Å². The minimum atomic E-state index is -0.424. The average Bonchev–Trinajstić information content (AvgIpc) is 3.13. The second kappa shape index (κ2) is 9.63. The molecule has 0 aliphatic rings. The first-order valence-electron chi connectivity index (χ1n) is 8.88. The van der Waals surface area contributed by atoms with Gasteiger partial charge in [-0.15, -0.1) is 0 Å². The quantitative estimate of drug-likeness (QED) is 0.513. The lowest BCUT2D eigenvalue weighted by Crippen LogP contribution is -2.23. The minimum absolute atomic E-state index is 0.268. The number of carbonyl (C=O) groups excluding carboxylic acids is 2. The van der Waals surface area contributed by atoms with Crippen LogP contribution in [0.1, 0.15) is 32.1 Å². The van der Waals surface area contributed by atoms with Crippen molar-refractivity contribution in [1.82, 2.24) is 20.1 Å². The van der Waals surface area contributed by atoms with Gasteiger partial charge in [0.1, 0.15) is 5.69 Å². The number of halogens is 2. The van der Waals surface area contributed by atoms with Crippen LogP contribution in [0, 0.1) is 6.92 Å². The van der Waals surface area contributed by atoms with Crippen LogP contribution in [0.5, 0.6) is 0 Å². The molecule has 0 bridgehead atoms. The number of anilines is 1. The van der Waals surface area contributed by atoms with Crippen molar-refractivity contribution in [3.05, 3.63) is 68.5 Å². The van der Waals surface area contributed by atoms with Gasteiger partial charge in [0.15, 0.2) is 5.82 Å². The van der Waals surface area contributed by atoms with Gasteiger partial charge < -0.3 is 10.6 Å². The number of carbonyl (C=O) groups is 2. The summed E-state index contributed by atoms with van der Waals surface area (Å²) in [6, 6.07) is 8.58. The number of hydrogen-bond acceptors (Lipinski definition) is 5. The molecule has 0 atom stereocenters. The maximum Gasteiger partial charge on any atom is 0.274 e. The van der Waals surface area contributed by atoms with Crippen LogP contribution in [-0.2, 0) is 5.75 Å². The van der Waals surface area contributed by atoms with Crippen LogP contribution in [0.25, 0.3) is 5.82 Å². The molecule has 2 aromatic heterocycles. The molecule has 10 heteroatoms. The number of benzene rings is 1. The van der Waals surface area contributed by atoms with Crippen molar-refractivity contribution >= 4 is 56.8 Å². The molecule has 0 fully saturated rings. The van der Waals surface area contributed by atoms with Gasteiger partial charge in [0, 0.05) is 23.5 Å². The second-order valence-electron chi connectivity index (χ2n) is 6.35. The number of aryl methyl sites for hydroxylation is 1. The van der Waals surface area contributed by atoms with Crippen molar-refractivity contribution in [2.24, 2.45) is 0 Å². The summed E-state index contributed by atoms with van der Waals surface area (Å²) in [6.07, 6.45) is 3.54. The van der Waals surface area contributed by atoms with Crippen LogP contribution in [0.4, 0.5) is 5.69 Å². The van der Waals surface area contributed by atoms with E-state index in [1.807, 2.05) is 19.2 Å². The highest BCUT2D eigenvalue weighted by molar-refractivity contribution is 9.10. The highest BCUT2D eigenvalue weighted by Gasteiger charge is 2.22. The van der Waals surface area contributed by atoms with Gasteiger partial charge in [0.05, 0.1) is 22.0 Å². The van der Waals surface area contributed by atoms with E-state index in [9.17, 15) is 9.59 Å². The number of nitrogens with one attached hydrogen (secondary N) is 2. The maximum absolute atomic E-state index is 13.2. The molecule has 1 aromatic carbocycles. The van der Waals surface area contributed by atoms with Crippen LogP contribution >= 0.6 is 39.3 Å². The minimum Gasteiger partial charge on any atom is -0.355 e. The molecule has 30 heavy (non-hydrogen) atoms. The molecule has 0 aliphatic heterocycles. The summed E-state index contributed by atoms with van der Waals surface area (Å²) in [4.78, 5) is 29.9. The standard InChI is InChI=1S/C20H19BrClN5O2S/c1-11-7-12(21)8-14(19(28)23-2)17(11)25-20(29)16-9-13(10-30-3)26-27(16)18-15(22)5-4-6-24-18/h4-9H,10H2,1-3H3,(H,23,28)(H,25,29). The van der Waals surface area contributed by atoms with E-state index in [0.29, 0.717) is 33.5 Å². The van der Waals surface area contributed by atoms with Crippen molar-refractivity contribution in [2.45, 2.75) is 12.7 Å².